The number of para-hydroxylation sites is 1. The Labute approximate surface area is 185 Å². The summed E-state index contributed by atoms with van der Waals surface area (Å²) in [5.74, 6) is -2.66. The highest BCUT2D eigenvalue weighted by Gasteiger charge is 2.23. The molecule has 3 aromatic heterocycles. The third-order valence-corrected chi connectivity index (χ3v) is 4.57. The standard InChI is InChI=1S/C20H18FN9O3/c1-11(31)26-18-16-15(14(21)10-25-18)13(9-24-16)17(32)19(33)22-7-8-23-20-27-28-29-30(20)12-5-3-2-4-6-12/h2-6,9-10,24H,7-8H2,1H3,(H,22,33)(H,23,27,29)(H,25,26,31). The van der Waals surface area contributed by atoms with Crippen molar-refractivity contribution >= 4 is 40.3 Å². The zero-order valence-electron chi connectivity index (χ0n) is 17.3. The van der Waals surface area contributed by atoms with E-state index in [1.165, 1.54) is 17.8 Å². The van der Waals surface area contributed by atoms with E-state index in [0.717, 1.165) is 11.9 Å². The van der Waals surface area contributed by atoms with Gasteiger partial charge in [0.1, 0.15) is 0 Å². The van der Waals surface area contributed by atoms with Crippen molar-refractivity contribution in [3.05, 3.63) is 54.1 Å². The van der Waals surface area contributed by atoms with Crippen molar-refractivity contribution in [2.45, 2.75) is 6.92 Å². The maximum absolute atomic E-state index is 14.4. The van der Waals surface area contributed by atoms with Gasteiger partial charge in [0.05, 0.1) is 28.4 Å². The fourth-order valence-corrected chi connectivity index (χ4v) is 3.14. The Balaban J connectivity index is 1.39. The molecule has 0 fully saturated rings. The lowest BCUT2D eigenvalue weighted by molar-refractivity contribution is -0.117. The molecule has 0 saturated heterocycles. The molecule has 13 heteroatoms. The number of aromatic amines is 1. The van der Waals surface area contributed by atoms with Gasteiger partial charge >= 0.3 is 0 Å². The number of aromatic nitrogens is 6. The number of benzene rings is 1. The number of pyridine rings is 1. The van der Waals surface area contributed by atoms with Crippen LogP contribution < -0.4 is 16.0 Å². The summed E-state index contributed by atoms with van der Waals surface area (Å²) in [7, 11) is 0. The minimum atomic E-state index is -0.936. The lowest BCUT2D eigenvalue weighted by atomic mass is 10.1. The number of amides is 2. The van der Waals surface area contributed by atoms with Crippen molar-refractivity contribution < 1.29 is 18.8 Å². The topological polar surface area (TPSA) is 160 Å². The number of halogens is 1. The van der Waals surface area contributed by atoms with Gasteiger partial charge in [0, 0.05) is 26.2 Å². The number of carbonyl (C=O) groups is 3. The molecule has 0 radical (unpaired) electrons. The highest BCUT2D eigenvalue weighted by molar-refractivity contribution is 6.45. The van der Waals surface area contributed by atoms with Gasteiger partial charge < -0.3 is 20.9 Å². The van der Waals surface area contributed by atoms with E-state index in [2.05, 4.69) is 41.4 Å². The third-order valence-electron chi connectivity index (χ3n) is 4.57. The molecule has 1 aromatic carbocycles. The van der Waals surface area contributed by atoms with Crippen LogP contribution in [-0.4, -0.2) is 60.9 Å². The van der Waals surface area contributed by atoms with Crippen LogP contribution in [-0.2, 0) is 9.59 Å². The van der Waals surface area contributed by atoms with Crippen LogP contribution in [0, 0.1) is 5.82 Å². The first-order valence-corrected chi connectivity index (χ1v) is 9.79. The van der Waals surface area contributed by atoms with Crippen molar-refractivity contribution in [3.8, 4) is 5.69 Å². The fraction of sp³-hybridized carbons (Fsp3) is 0.150. The molecule has 0 unspecified atom stereocenters. The summed E-state index contributed by atoms with van der Waals surface area (Å²) < 4.78 is 15.8. The first-order valence-electron chi connectivity index (χ1n) is 9.79. The minimum absolute atomic E-state index is 0.0543. The number of Topliss-reactive ketones (excluding diaryl/α,β-unsaturated/α-hetero) is 1. The molecule has 0 atom stereocenters. The Morgan fingerprint density at radius 1 is 1.15 bits per heavy atom. The molecule has 4 rings (SSSR count). The second kappa shape index (κ2) is 9.21. The molecule has 0 aliphatic carbocycles. The van der Waals surface area contributed by atoms with Crippen LogP contribution in [0.4, 0.5) is 16.2 Å². The number of H-pyrrole nitrogens is 1. The van der Waals surface area contributed by atoms with E-state index < -0.39 is 23.4 Å². The molecule has 12 nitrogen and oxygen atoms in total. The highest BCUT2D eigenvalue weighted by Crippen LogP contribution is 2.26. The molecule has 0 aliphatic heterocycles. The van der Waals surface area contributed by atoms with E-state index in [9.17, 15) is 18.8 Å². The predicted octanol–water partition coefficient (Wildman–Crippen LogP) is 1.05. The molecule has 168 valence electrons. The van der Waals surface area contributed by atoms with Gasteiger partial charge in [-0.25, -0.2) is 9.37 Å². The smallest absolute Gasteiger partial charge is 0.292 e. The number of nitrogens with zero attached hydrogens (tertiary/aromatic N) is 5. The van der Waals surface area contributed by atoms with E-state index in [0.29, 0.717) is 5.95 Å². The first kappa shape index (κ1) is 21.5. The second-order valence-corrected chi connectivity index (χ2v) is 6.85. The van der Waals surface area contributed by atoms with Crippen LogP contribution in [0.15, 0.2) is 42.7 Å². The number of rotatable bonds is 8. The molecular formula is C20H18FN9O3. The lowest BCUT2D eigenvalue weighted by Gasteiger charge is -2.08. The minimum Gasteiger partial charge on any atom is -0.357 e. The number of hydrogen-bond donors (Lipinski definition) is 4. The summed E-state index contributed by atoms with van der Waals surface area (Å²) in [6.45, 7) is 1.58. The monoisotopic (exact) mass is 451 g/mol. The van der Waals surface area contributed by atoms with E-state index in [1.54, 1.807) is 0 Å². The van der Waals surface area contributed by atoms with Gasteiger partial charge in [-0.05, 0) is 22.6 Å². The van der Waals surface area contributed by atoms with Crippen LogP contribution in [0.5, 0.6) is 0 Å². The van der Waals surface area contributed by atoms with E-state index >= 15 is 0 Å². The maximum Gasteiger partial charge on any atom is 0.292 e. The molecule has 0 aliphatic rings. The Kier molecular flexibility index (Phi) is 6.02. The molecule has 33 heavy (non-hydrogen) atoms. The van der Waals surface area contributed by atoms with E-state index in [1.807, 2.05) is 30.3 Å². The van der Waals surface area contributed by atoms with Crippen LogP contribution in [0.25, 0.3) is 16.6 Å². The Morgan fingerprint density at radius 2 is 1.94 bits per heavy atom. The van der Waals surface area contributed by atoms with Gasteiger partial charge in [-0.2, -0.15) is 4.68 Å². The van der Waals surface area contributed by atoms with Crippen molar-refractivity contribution in [2.24, 2.45) is 0 Å². The molecule has 0 saturated carbocycles. The number of ketones is 1. The summed E-state index contributed by atoms with van der Waals surface area (Å²) in [6.07, 6.45) is 2.08. The zero-order valence-corrected chi connectivity index (χ0v) is 17.3. The largest absolute Gasteiger partial charge is 0.357 e. The van der Waals surface area contributed by atoms with Crippen molar-refractivity contribution in [2.75, 3.05) is 23.7 Å². The number of anilines is 2. The molecule has 4 N–H and O–H groups in total. The molecular weight excluding hydrogens is 433 g/mol. The predicted molar refractivity (Wildman–Crippen MR) is 115 cm³/mol. The van der Waals surface area contributed by atoms with Crippen LogP contribution in [0.1, 0.15) is 17.3 Å². The summed E-state index contributed by atoms with van der Waals surface area (Å²) in [6, 6.07) is 9.21. The average molecular weight is 451 g/mol. The molecule has 0 bridgehead atoms. The summed E-state index contributed by atoms with van der Waals surface area (Å²) in [4.78, 5) is 42.8. The van der Waals surface area contributed by atoms with Gasteiger partial charge in [-0.3, -0.25) is 14.4 Å². The Hall–Kier alpha value is -4.68. The number of tetrazole rings is 1. The average Bonchev–Trinajstić information content (AvgIpc) is 3.46. The van der Waals surface area contributed by atoms with Gasteiger partial charge in [-0.1, -0.05) is 23.3 Å². The highest BCUT2D eigenvalue weighted by atomic mass is 19.1. The number of nitrogens with one attached hydrogen (secondary N) is 4. The second-order valence-electron chi connectivity index (χ2n) is 6.85. The summed E-state index contributed by atoms with van der Waals surface area (Å²) in [5.41, 5.74) is 0.685. The first-order chi connectivity index (χ1) is 16.0. The molecule has 4 aromatic rings. The lowest BCUT2D eigenvalue weighted by Crippen LogP contribution is -2.34. The molecule has 0 spiro atoms. The number of hydrogen-bond acceptors (Lipinski definition) is 8. The Morgan fingerprint density at radius 3 is 2.70 bits per heavy atom. The van der Waals surface area contributed by atoms with Crippen molar-refractivity contribution in [3.63, 3.8) is 0 Å². The summed E-state index contributed by atoms with van der Waals surface area (Å²) in [5, 5.41) is 19.2. The van der Waals surface area contributed by atoms with Crippen molar-refractivity contribution in [1.29, 1.82) is 0 Å². The van der Waals surface area contributed by atoms with Crippen molar-refractivity contribution in [1.82, 2.24) is 35.5 Å². The fourth-order valence-electron chi connectivity index (χ4n) is 3.14. The number of fused-ring (bicyclic) bond motifs is 1. The number of carbonyl (C=O) groups excluding carboxylic acids is 3. The Bertz CT molecular complexity index is 1330. The van der Waals surface area contributed by atoms with Gasteiger partial charge in [0.25, 0.3) is 11.7 Å². The van der Waals surface area contributed by atoms with Gasteiger partial charge in [0.15, 0.2) is 11.6 Å². The van der Waals surface area contributed by atoms with Gasteiger partial charge in [-0.15, -0.1) is 0 Å². The molecule has 2 amide bonds. The van der Waals surface area contributed by atoms with E-state index in [4.69, 9.17) is 0 Å². The van der Waals surface area contributed by atoms with E-state index in [-0.39, 0.29) is 35.4 Å². The van der Waals surface area contributed by atoms with Crippen LogP contribution >= 0.6 is 0 Å². The third kappa shape index (κ3) is 4.51. The molecule has 3 heterocycles. The SMILES string of the molecule is CC(=O)Nc1ncc(F)c2c(C(=O)C(=O)NCCNc3nnnn3-c3ccccc3)c[nH]c12. The van der Waals surface area contributed by atoms with Crippen LogP contribution in [0.2, 0.25) is 0 Å². The zero-order chi connectivity index (χ0) is 23.4. The normalized spacial score (nSPS) is 10.7. The van der Waals surface area contributed by atoms with Crippen LogP contribution in [0.3, 0.4) is 0 Å². The quantitative estimate of drug-likeness (QED) is 0.176. The summed E-state index contributed by atoms with van der Waals surface area (Å²) >= 11 is 0. The maximum atomic E-state index is 14.4. The van der Waals surface area contributed by atoms with Gasteiger partial charge in [0.2, 0.25) is 11.9 Å².